The van der Waals surface area contributed by atoms with Crippen molar-refractivity contribution in [1.82, 2.24) is 20.8 Å². The van der Waals surface area contributed by atoms with Gasteiger partial charge in [-0.05, 0) is 48.5 Å². The van der Waals surface area contributed by atoms with Gasteiger partial charge in [-0.2, -0.15) is 0 Å². The molecule has 1 atom stereocenters. The zero-order chi connectivity index (χ0) is 25.2. The van der Waals surface area contributed by atoms with Crippen LogP contribution in [-0.4, -0.2) is 53.2 Å². The Hall–Kier alpha value is -4.64. The summed E-state index contributed by atoms with van der Waals surface area (Å²) >= 11 is 0. The van der Waals surface area contributed by atoms with Gasteiger partial charge in [0.25, 0.3) is 5.91 Å². The zero-order valence-corrected chi connectivity index (χ0v) is 19.1. The molecule has 3 amide bonds. The minimum Gasteiger partial charge on any atom is -0.497 e. The highest BCUT2D eigenvalue weighted by molar-refractivity contribution is 6.00. The van der Waals surface area contributed by atoms with Crippen LogP contribution in [0, 0.1) is 0 Å². The van der Waals surface area contributed by atoms with E-state index in [2.05, 4.69) is 20.6 Å². The molecule has 3 aromatic rings. The summed E-state index contributed by atoms with van der Waals surface area (Å²) in [5.74, 6) is -0.485. The summed E-state index contributed by atoms with van der Waals surface area (Å²) in [5.41, 5.74) is 3.44. The summed E-state index contributed by atoms with van der Waals surface area (Å²) in [6.45, 7) is 0. The highest BCUT2D eigenvalue weighted by Gasteiger charge is 2.21. The standard InChI is InChI=1S/C24H25N5O6/c1-34-19-8-9-21(35-2)16(11-19)5-10-22(30)28-20(12-18-13-25-14-26-18)24(32)27-17-6-3-15(4-7-17)23(31)29-33/h3-11,13-14,20,33H,12H2,1-2H3,(H,25,26)(H,27,32)(H,28,30)(H,29,31)/b10-5+. The molecule has 1 aromatic heterocycles. The minimum absolute atomic E-state index is 0.166. The van der Waals surface area contributed by atoms with Crippen molar-refractivity contribution in [1.29, 1.82) is 0 Å². The second-order valence-corrected chi connectivity index (χ2v) is 7.29. The zero-order valence-electron chi connectivity index (χ0n) is 19.1. The van der Waals surface area contributed by atoms with Crippen molar-refractivity contribution in [2.24, 2.45) is 0 Å². The van der Waals surface area contributed by atoms with E-state index in [0.29, 0.717) is 28.4 Å². The number of H-pyrrole nitrogens is 1. The van der Waals surface area contributed by atoms with Crippen LogP contribution in [0.25, 0.3) is 6.08 Å². The van der Waals surface area contributed by atoms with Crippen molar-refractivity contribution in [2.75, 3.05) is 19.5 Å². The Morgan fingerprint density at radius 2 is 1.89 bits per heavy atom. The molecular weight excluding hydrogens is 454 g/mol. The number of methoxy groups -OCH3 is 2. The van der Waals surface area contributed by atoms with Crippen LogP contribution in [0.1, 0.15) is 21.6 Å². The topological polar surface area (TPSA) is 155 Å². The third kappa shape index (κ3) is 6.92. The number of carbonyl (C=O) groups is 3. The summed E-state index contributed by atoms with van der Waals surface area (Å²) in [6.07, 6.45) is 6.07. The Morgan fingerprint density at radius 1 is 1.11 bits per heavy atom. The highest BCUT2D eigenvalue weighted by Crippen LogP contribution is 2.25. The summed E-state index contributed by atoms with van der Waals surface area (Å²) in [5, 5.41) is 14.1. The van der Waals surface area contributed by atoms with Gasteiger partial charge in [0.1, 0.15) is 17.5 Å². The number of ether oxygens (including phenoxy) is 2. The fourth-order valence-electron chi connectivity index (χ4n) is 3.18. The number of hydrogen-bond acceptors (Lipinski definition) is 7. The molecule has 0 aliphatic heterocycles. The maximum Gasteiger partial charge on any atom is 0.274 e. The largest absolute Gasteiger partial charge is 0.497 e. The lowest BCUT2D eigenvalue weighted by atomic mass is 10.1. The van der Waals surface area contributed by atoms with Crippen molar-refractivity contribution in [3.8, 4) is 11.5 Å². The van der Waals surface area contributed by atoms with Crippen LogP contribution in [0.15, 0.2) is 61.1 Å². The molecule has 0 aliphatic carbocycles. The average Bonchev–Trinajstić information content (AvgIpc) is 3.40. The van der Waals surface area contributed by atoms with Gasteiger partial charge in [-0.25, -0.2) is 10.5 Å². The number of aromatic amines is 1. The first kappa shape index (κ1) is 25.0. The molecule has 3 rings (SSSR count). The van der Waals surface area contributed by atoms with Crippen molar-refractivity contribution >= 4 is 29.5 Å². The first-order valence-electron chi connectivity index (χ1n) is 10.5. The second-order valence-electron chi connectivity index (χ2n) is 7.29. The van der Waals surface area contributed by atoms with Crippen LogP contribution in [0.3, 0.4) is 0 Å². The number of anilines is 1. The third-order valence-corrected chi connectivity index (χ3v) is 4.98. The van der Waals surface area contributed by atoms with Crippen LogP contribution in [0.4, 0.5) is 5.69 Å². The Labute approximate surface area is 201 Å². The van der Waals surface area contributed by atoms with E-state index in [-0.39, 0.29) is 12.0 Å². The lowest BCUT2D eigenvalue weighted by Crippen LogP contribution is -2.44. The number of rotatable bonds is 10. The molecule has 0 aliphatic rings. The Morgan fingerprint density at radius 3 is 2.51 bits per heavy atom. The number of benzene rings is 2. The smallest absolute Gasteiger partial charge is 0.274 e. The van der Waals surface area contributed by atoms with E-state index >= 15 is 0 Å². The molecule has 0 saturated heterocycles. The predicted octanol–water partition coefficient (Wildman–Crippen LogP) is 1.93. The van der Waals surface area contributed by atoms with Crippen LogP contribution in [-0.2, 0) is 16.0 Å². The monoisotopic (exact) mass is 479 g/mol. The molecule has 35 heavy (non-hydrogen) atoms. The van der Waals surface area contributed by atoms with Crippen molar-refractivity contribution < 1.29 is 29.1 Å². The normalized spacial score (nSPS) is 11.5. The summed E-state index contributed by atoms with van der Waals surface area (Å²) < 4.78 is 10.5. The van der Waals surface area contributed by atoms with Crippen molar-refractivity contribution in [3.05, 3.63) is 77.9 Å². The van der Waals surface area contributed by atoms with Crippen LogP contribution in [0.2, 0.25) is 0 Å². The Balaban J connectivity index is 1.73. The van der Waals surface area contributed by atoms with E-state index < -0.39 is 23.8 Å². The molecular formula is C24H25N5O6. The number of hydrogen-bond donors (Lipinski definition) is 5. The lowest BCUT2D eigenvalue weighted by Gasteiger charge is -2.17. The lowest BCUT2D eigenvalue weighted by molar-refractivity contribution is -0.123. The van der Waals surface area contributed by atoms with Gasteiger partial charge >= 0.3 is 0 Å². The van der Waals surface area contributed by atoms with E-state index in [1.54, 1.807) is 30.5 Å². The van der Waals surface area contributed by atoms with Gasteiger partial charge in [0.2, 0.25) is 11.8 Å². The van der Waals surface area contributed by atoms with Gasteiger partial charge in [-0.3, -0.25) is 19.6 Å². The molecule has 1 unspecified atom stereocenters. The van der Waals surface area contributed by atoms with Crippen LogP contribution in [0.5, 0.6) is 11.5 Å². The molecule has 182 valence electrons. The molecule has 0 radical (unpaired) electrons. The van der Waals surface area contributed by atoms with Gasteiger partial charge in [0, 0.05) is 41.2 Å². The van der Waals surface area contributed by atoms with Gasteiger partial charge in [-0.1, -0.05) is 0 Å². The number of hydroxylamine groups is 1. The number of aromatic nitrogens is 2. The van der Waals surface area contributed by atoms with Gasteiger partial charge in [0.15, 0.2) is 0 Å². The van der Waals surface area contributed by atoms with E-state index in [1.807, 2.05) is 0 Å². The molecule has 0 fully saturated rings. The maximum atomic E-state index is 13.0. The number of nitrogens with one attached hydrogen (secondary N) is 4. The number of imidazole rings is 1. The van der Waals surface area contributed by atoms with E-state index in [0.717, 1.165) is 0 Å². The van der Waals surface area contributed by atoms with E-state index in [1.165, 1.54) is 56.4 Å². The van der Waals surface area contributed by atoms with Crippen LogP contribution < -0.4 is 25.6 Å². The van der Waals surface area contributed by atoms with Crippen molar-refractivity contribution in [2.45, 2.75) is 12.5 Å². The fraction of sp³-hybridized carbons (Fsp3) is 0.167. The van der Waals surface area contributed by atoms with Crippen LogP contribution >= 0.6 is 0 Å². The predicted molar refractivity (Wildman–Crippen MR) is 127 cm³/mol. The summed E-state index contributed by atoms with van der Waals surface area (Å²) in [6, 6.07) is 10.1. The van der Waals surface area contributed by atoms with E-state index in [9.17, 15) is 14.4 Å². The molecule has 0 bridgehead atoms. The highest BCUT2D eigenvalue weighted by atomic mass is 16.5. The maximum absolute atomic E-state index is 13.0. The van der Waals surface area contributed by atoms with Gasteiger partial charge in [0.05, 0.1) is 20.5 Å². The van der Waals surface area contributed by atoms with E-state index in [4.69, 9.17) is 14.7 Å². The minimum atomic E-state index is -0.930. The Bertz CT molecular complexity index is 1190. The van der Waals surface area contributed by atoms with Gasteiger partial charge in [-0.15, -0.1) is 0 Å². The third-order valence-electron chi connectivity index (χ3n) is 4.98. The first-order valence-corrected chi connectivity index (χ1v) is 10.5. The molecule has 11 nitrogen and oxygen atoms in total. The van der Waals surface area contributed by atoms with Gasteiger partial charge < -0.3 is 25.1 Å². The molecule has 2 aromatic carbocycles. The molecule has 5 N–H and O–H groups in total. The number of amides is 3. The number of carbonyl (C=O) groups excluding carboxylic acids is 3. The first-order chi connectivity index (χ1) is 16.9. The SMILES string of the molecule is COc1ccc(OC)c(/C=C/C(=O)NC(Cc2cnc[nH]2)C(=O)Nc2ccc(C(=O)NO)cc2)c1. The quantitative estimate of drug-likeness (QED) is 0.169. The summed E-state index contributed by atoms with van der Waals surface area (Å²) in [4.78, 5) is 44.0. The average molecular weight is 479 g/mol. The van der Waals surface area contributed by atoms with Crippen molar-refractivity contribution in [3.63, 3.8) is 0 Å². The molecule has 0 spiro atoms. The fourth-order valence-corrected chi connectivity index (χ4v) is 3.18. The molecule has 11 heteroatoms. The second kappa shape index (κ2) is 12.0. The summed E-state index contributed by atoms with van der Waals surface area (Å²) in [7, 11) is 3.06. The number of nitrogens with zero attached hydrogens (tertiary/aromatic N) is 1. The molecule has 1 heterocycles. The molecule has 0 saturated carbocycles. The Kier molecular flexibility index (Phi) is 8.57.